The molecule has 1 heterocycles. The van der Waals surface area contributed by atoms with Crippen LogP contribution in [0.2, 0.25) is 0 Å². The molecule has 0 amide bonds. The van der Waals surface area contributed by atoms with Crippen LogP contribution in [-0.2, 0) is 6.42 Å². The van der Waals surface area contributed by atoms with E-state index in [1.165, 1.54) is 22.5 Å². The second-order valence-corrected chi connectivity index (χ2v) is 4.48. The smallest absolute Gasteiger partial charge is 0.336 e. The highest BCUT2D eigenvalue weighted by Gasteiger charge is 2.25. The highest BCUT2D eigenvalue weighted by atomic mass is 32.1. The molecule has 3 heteroatoms. The van der Waals surface area contributed by atoms with E-state index >= 15 is 0 Å². The lowest BCUT2D eigenvalue weighted by Gasteiger charge is -1.96. The number of hydrogen-bond acceptors (Lipinski definition) is 2. The fourth-order valence-electron chi connectivity index (χ4n) is 2.05. The number of thiophene rings is 1. The monoisotopic (exact) mass is 216 g/mol. The van der Waals surface area contributed by atoms with Crippen molar-refractivity contribution in [3.63, 3.8) is 0 Å². The number of aromatic carboxylic acids is 1. The Hall–Kier alpha value is -1.61. The molecule has 0 bridgehead atoms. The van der Waals surface area contributed by atoms with Crippen LogP contribution in [0.25, 0.3) is 10.4 Å². The minimum Gasteiger partial charge on any atom is -0.478 e. The van der Waals surface area contributed by atoms with Gasteiger partial charge in [0, 0.05) is 16.7 Å². The highest BCUT2D eigenvalue weighted by molar-refractivity contribution is 7.14. The first kappa shape index (κ1) is 8.68. The zero-order chi connectivity index (χ0) is 10.4. The lowest BCUT2D eigenvalue weighted by molar-refractivity contribution is 0.0696. The van der Waals surface area contributed by atoms with Crippen LogP contribution in [0.1, 0.15) is 21.5 Å². The maximum atomic E-state index is 11.0. The molecule has 0 saturated carbocycles. The Labute approximate surface area is 90.8 Å². The van der Waals surface area contributed by atoms with Crippen LogP contribution in [-0.4, -0.2) is 11.1 Å². The molecule has 1 aliphatic carbocycles. The SMILES string of the molecule is O=C(O)c1csc2c1Cc1ccccc1-2. The van der Waals surface area contributed by atoms with Crippen molar-refractivity contribution in [2.45, 2.75) is 6.42 Å². The van der Waals surface area contributed by atoms with Crippen molar-refractivity contribution in [2.75, 3.05) is 0 Å². The van der Waals surface area contributed by atoms with Crippen LogP contribution in [0.15, 0.2) is 29.6 Å². The molecular formula is C12H8O2S. The molecule has 1 N–H and O–H groups in total. The van der Waals surface area contributed by atoms with E-state index in [9.17, 15) is 4.79 Å². The molecule has 74 valence electrons. The zero-order valence-electron chi connectivity index (χ0n) is 7.86. The molecule has 15 heavy (non-hydrogen) atoms. The molecule has 1 aliphatic rings. The number of rotatable bonds is 1. The standard InChI is InChI=1S/C12H8O2S/c13-12(14)10-6-15-11-8-4-2-1-3-7(8)5-9(10)11/h1-4,6H,5H2,(H,13,14). The fraction of sp³-hybridized carbons (Fsp3) is 0.0833. The van der Waals surface area contributed by atoms with Gasteiger partial charge in [0.05, 0.1) is 5.56 Å². The Kier molecular flexibility index (Phi) is 1.70. The third-order valence-corrected chi connectivity index (χ3v) is 3.81. The van der Waals surface area contributed by atoms with E-state index < -0.39 is 5.97 Å². The molecule has 0 fully saturated rings. The van der Waals surface area contributed by atoms with Crippen molar-refractivity contribution < 1.29 is 9.90 Å². The summed E-state index contributed by atoms with van der Waals surface area (Å²) in [4.78, 5) is 12.1. The molecular weight excluding hydrogens is 208 g/mol. The van der Waals surface area contributed by atoms with Crippen molar-refractivity contribution in [2.24, 2.45) is 0 Å². The molecule has 0 aliphatic heterocycles. The van der Waals surface area contributed by atoms with E-state index in [0.29, 0.717) is 5.56 Å². The molecule has 0 radical (unpaired) electrons. The van der Waals surface area contributed by atoms with Gasteiger partial charge in [-0.05, 0) is 16.7 Å². The number of benzene rings is 1. The quantitative estimate of drug-likeness (QED) is 0.679. The van der Waals surface area contributed by atoms with E-state index in [-0.39, 0.29) is 0 Å². The number of hydrogen-bond donors (Lipinski definition) is 1. The average molecular weight is 216 g/mol. The molecule has 3 rings (SSSR count). The van der Waals surface area contributed by atoms with E-state index in [2.05, 4.69) is 12.1 Å². The summed E-state index contributed by atoms with van der Waals surface area (Å²) in [6, 6.07) is 8.11. The van der Waals surface area contributed by atoms with Gasteiger partial charge < -0.3 is 5.11 Å². The second-order valence-electron chi connectivity index (χ2n) is 3.60. The van der Waals surface area contributed by atoms with Crippen molar-refractivity contribution >= 4 is 17.3 Å². The van der Waals surface area contributed by atoms with Gasteiger partial charge >= 0.3 is 5.97 Å². The summed E-state index contributed by atoms with van der Waals surface area (Å²) in [5.74, 6) is -0.819. The van der Waals surface area contributed by atoms with Crippen LogP contribution in [0, 0.1) is 0 Å². The number of carboxylic acid groups (broad SMARTS) is 1. The minimum absolute atomic E-state index is 0.464. The predicted molar refractivity (Wildman–Crippen MR) is 59.5 cm³/mol. The lowest BCUT2D eigenvalue weighted by atomic mass is 10.1. The number of carboxylic acids is 1. The van der Waals surface area contributed by atoms with Gasteiger partial charge in [0.2, 0.25) is 0 Å². The Bertz CT molecular complexity index is 554. The minimum atomic E-state index is -0.819. The van der Waals surface area contributed by atoms with Crippen LogP contribution in [0.4, 0.5) is 0 Å². The number of fused-ring (bicyclic) bond motifs is 3. The van der Waals surface area contributed by atoms with Gasteiger partial charge in [0.1, 0.15) is 0 Å². The average Bonchev–Trinajstić information content (AvgIpc) is 2.74. The third-order valence-electron chi connectivity index (χ3n) is 2.75. The highest BCUT2D eigenvalue weighted by Crippen LogP contribution is 2.42. The van der Waals surface area contributed by atoms with Gasteiger partial charge in [-0.3, -0.25) is 0 Å². The molecule has 2 nitrogen and oxygen atoms in total. The van der Waals surface area contributed by atoms with Gasteiger partial charge in [-0.15, -0.1) is 11.3 Å². The summed E-state index contributed by atoms with van der Waals surface area (Å²) in [6.45, 7) is 0. The first-order valence-electron chi connectivity index (χ1n) is 4.69. The summed E-state index contributed by atoms with van der Waals surface area (Å²) in [5.41, 5.74) is 3.88. The summed E-state index contributed by atoms with van der Waals surface area (Å²) in [5, 5.41) is 10.8. The second kappa shape index (κ2) is 2.94. The molecule has 1 aromatic heterocycles. The van der Waals surface area contributed by atoms with Crippen molar-refractivity contribution in [1.82, 2.24) is 0 Å². The Balaban J connectivity index is 2.23. The summed E-state index contributed by atoms with van der Waals surface area (Å²) in [7, 11) is 0. The lowest BCUT2D eigenvalue weighted by Crippen LogP contribution is -1.97. The number of carbonyl (C=O) groups is 1. The Morgan fingerprint density at radius 3 is 2.93 bits per heavy atom. The van der Waals surface area contributed by atoms with Crippen molar-refractivity contribution in [3.8, 4) is 10.4 Å². The van der Waals surface area contributed by atoms with E-state index in [1.807, 2.05) is 12.1 Å². The summed E-state index contributed by atoms with van der Waals surface area (Å²) in [6.07, 6.45) is 0.761. The molecule has 0 spiro atoms. The van der Waals surface area contributed by atoms with Gasteiger partial charge in [0.25, 0.3) is 0 Å². The van der Waals surface area contributed by atoms with Crippen LogP contribution in [0.3, 0.4) is 0 Å². The summed E-state index contributed by atoms with van der Waals surface area (Å²) < 4.78 is 0. The molecule has 2 aromatic rings. The Morgan fingerprint density at radius 1 is 1.33 bits per heavy atom. The van der Waals surface area contributed by atoms with Gasteiger partial charge in [0.15, 0.2) is 0 Å². The fourth-order valence-corrected chi connectivity index (χ4v) is 3.18. The van der Waals surface area contributed by atoms with Crippen molar-refractivity contribution in [3.05, 3.63) is 46.3 Å². The molecule has 1 aromatic carbocycles. The zero-order valence-corrected chi connectivity index (χ0v) is 8.67. The Morgan fingerprint density at radius 2 is 2.13 bits per heavy atom. The predicted octanol–water partition coefficient (Wildman–Crippen LogP) is 3.02. The van der Waals surface area contributed by atoms with E-state index in [0.717, 1.165) is 16.9 Å². The molecule has 0 unspecified atom stereocenters. The van der Waals surface area contributed by atoms with Crippen LogP contribution in [0.5, 0.6) is 0 Å². The summed E-state index contributed by atoms with van der Waals surface area (Å²) >= 11 is 1.53. The maximum absolute atomic E-state index is 11.0. The first-order chi connectivity index (χ1) is 7.27. The molecule has 0 saturated heterocycles. The van der Waals surface area contributed by atoms with Gasteiger partial charge in [-0.2, -0.15) is 0 Å². The van der Waals surface area contributed by atoms with Crippen LogP contribution < -0.4 is 0 Å². The van der Waals surface area contributed by atoms with Gasteiger partial charge in [-0.1, -0.05) is 24.3 Å². The van der Waals surface area contributed by atoms with Gasteiger partial charge in [-0.25, -0.2) is 4.79 Å². The largest absolute Gasteiger partial charge is 0.478 e. The maximum Gasteiger partial charge on any atom is 0.336 e. The van der Waals surface area contributed by atoms with E-state index in [4.69, 9.17) is 5.11 Å². The molecule has 0 atom stereocenters. The topological polar surface area (TPSA) is 37.3 Å². The third kappa shape index (κ3) is 1.13. The van der Waals surface area contributed by atoms with Crippen LogP contribution >= 0.6 is 11.3 Å². The van der Waals surface area contributed by atoms with Crippen molar-refractivity contribution in [1.29, 1.82) is 0 Å². The normalized spacial score (nSPS) is 12.3. The first-order valence-corrected chi connectivity index (χ1v) is 5.57. The van der Waals surface area contributed by atoms with E-state index in [1.54, 1.807) is 5.38 Å².